The third-order valence-corrected chi connectivity index (χ3v) is 2.76. The van der Waals surface area contributed by atoms with Gasteiger partial charge in [-0.25, -0.2) is 4.79 Å². The van der Waals surface area contributed by atoms with E-state index in [1.807, 2.05) is 13.0 Å². The zero-order valence-corrected chi connectivity index (χ0v) is 10.4. The van der Waals surface area contributed by atoms with Crippen molar-refractivity contribution in [3.8, 4) is 0 Å². The molecule has 18 heavy (non-hydrogen) atoms. The molecule has 0 amide bonds. The van der Waals surface area contributed by atoms with Crippen LogP contribution in [0.1, 0.15) is 15.9 Å². The van der Waals surface area contributed by atoms with E-state index in [2.05, 4.69) is 10.3 Å². The van der Waals surface area contributed by atoms with Crippen molar-refractivity contribution >= 4 is 28.9 Å². The molecule has 1 aromatic carbocycles. The standard InChI is InChI=1S/C13H11ClN2O2/c1-8-2-3-9(14)6-12(8)16-11-4-5-15-7-10(11)13(17)18/h2-7H,1H3,(H,15,16)(H,17,18). The molecule has 0 saturated carbocycles. The second-order valence-electron chi connectivity index (χ2n) is 3.81. The summed E-state index contributed by atoms with van der Waals surface area (Å²) < 4.78 is 0. The predicted molar refractivity (Wildman–Crippen MR) is 70.7 cm³/mol. The molecule has 0 saturated heterocycles. The lowest BCUT2D eigenvalue weighted by Gasteiger charge is -2.11. The lowest BCUT2D eigenvalue weighted by atomic mass is 10.1. The number of aromatic nitrogens is 1. The van der Waals surface area contributed by atoms with E-state index in [1.165, 1.54) is 12.4 Å². The third kappa shape index (κ3) is 2.60. The number of aryl methyl sites for hydroxylation is 1. The average Bonchev–Trinajstić information content (AvgIpc) is 2.34. The van der Waals surface area contributed by atoms with Crippen molar-refractivity contribution < 1.29 is 9.90 Å². The van der Waals surface area contributed by atoms with Gasteiger partial charge in [0, 0.05) is 23.1 Å². The Morgan fingerprint density at radius 1 is 1.33 bits per heavy atom. The van der Waals surface area contributed by atoms with Crippen LogP contribution in [0.2, 0.25) is 5.02 Å². The van der Waals surface area contributed by atoms with Gasteiger partial charge in [0.2, 0.25) is 0 Å². The summed E-state index contributed by atoms with van der Waals surface area (Å²) in [6, 6.07) is 7.02. The van der Waals surface area contributed by atoms with Crippen LogP contribution in [0.15, 0.2) is 36.7 Å². The van der Waals surface area contributed by atoms with E-state index in [4.69, 9.17) is 16.7 Å². The van der Waals surface area contributed by atoms with Crippen LogP contribution >= 0.6 is 11.6 Å². The minimum atomic E-state index is -1.02. The van der Waals surface area contributed by atoms with Crippen LogP contribution in [0.5, 0.6) is 0 Å². The highest BCUT2D eigenvalue weighted by molar-refractivity contribution is 6.30. The van der Waals surface area contributed by atoms with Crippen molar-refractivity contribution in [3.63, 3.8) is 0 Å². The van der Waals surface area contributed by atoms with E-state index < -0.39 is 5.97 Å². The van der Waals surface area contributed by atoms with Crippen molar-refractivity contribution in [3.05, 3.63) is 52.8 Å². The molecule has 5 heteroatoms. The summed E-state index contributed by atoms with van der Waals surface area (Å²) in [4.78, 5) is 14.9. The second-order valence-corrected chi connectivity index (χ2v) is 4.25. The average molecular weight is 263 g/mol. The Kier molecular flexibility index (Phi) is 3.48. The summed E-state index contributed by atoms with van der Waals surface area (Å²) in [5.74, 6) is -1.02. The molecule has 1 aromatic heterocycles. The topological polar surface area (TPSA) is 62.2 Å². The number of carbonyl (C=O) groups is 1. The van der Waals surface area contributed by atoms with Crippen LogP contribution < -0.4 is 5.32 Å². The molecule has 0 aliphatic rings. The van der Waals surface area contributed by atoms with Crippen LogP contribution in [-0.4, -0.2) is 16.1 Å². The van der Waals surface area contributed by atoms with Crippen molar-refractivity contribution in [2.24, 2.45) is 0 Å². The lowest BCUT2D eigenvalue weighted by Crippen LogP contribution is -2.03. The van der Waals surface area contributed by atoms with Crippen molar-refractivity contribution in [1.29, 1.82) is 0 Å². The van der Waals surface area contributed by atoms with Gasteiger partial charge in [0.05, 0.1) is 5.69 Å². The van der Waals surface area contributed by atoms with Crippen LogP contribution in [0.25, 0.3) is 0 Å². The molecule has 2 rings (SSSR count). The van der Waals surface area contributed by atoms with E-state index in [9.17, 15) is 4.79 Å². The highest BCUT2D eigenvalue weighted by Crippen LogP contribution is 2.25. The molecule has 0 bridgehead atoms. The quantitative estimate of drug-likeness (QED) is 0.889. The normalized spacial score (nSPS) is 10.1. The molecule has 0 spiro atoms. The first-order valence-electron chi connectivity index (χ1n) is 5.28. The van der Waals surface area contributed by atoms with E-state index in [1.54, 1.807) is 18.2 Å². The van der Waals surface area contributed by atoms with Gasteiger partial charge >= 0.3 is 5.97 Å². The summed E-state index contributed by atoms with van der Waals surface area (Å²) in [5, 5.41) is 12.7. The number of pyridine rings is 1. The Morgan fingerprint density at radius 3 is 2.83 bits per heavy atom. The molecule has 0 aliphatic heterocycles. The summed E-state index contributed by atoms with van der Waals surface area (Å²) >= 11 is 5.92. The Bertz CT molecular complexity index is 599. The van der Waals surface area contributed by atoms with E-state index in [0.29, 0.717) is 10.7 Å². The largest absolute Gasteiger partial charge is 0.478 e. The fraction of sp³-hybridized carbons (Fsp3) is 0.0769. The van der Waals surface area contributed by atoms with Crippen LogP contribution in [0, 0.1) is 6.92 Å². The first-order chi connectivity index (χ1) is 8.58. The van der Waals surface area contributed by atoms with Crippen LogP contribution in [0.3, 0.4) is 0 Å². The molecule has 1 heterocycles. The molecule has 2 N–H and O–H groups in total. The van der Waals surface area contributed by atoms with Gasteiger partial charge in [0.15, 0.2) is 0 Å². The number of carboxylic acid groups (broad SMARTS) is 1. The highest BCUT2D eigenvalue weighted by Gasteiger charge is 2.10. The van der Waals surface area contributed by atoms with Gasteiger partial charge in [-0.05, 0) is 30.7 Å². The molecule has 2 aromatic rings. The number of halogens is 1. The first-order valence-corrected chi connectivity index (χ1v) is 5.66. The van der Waals surface area contributed by atoms with E-state index in [0.717, 1.165) is 11.3 Å². The zero-order valence-electron chi connectivity index (χ0n) is 9.64. The SMILES string of the molecule is Cc1ccc(Cl)cc1Nc1ccncc1C(=O)O. The molecule has 92 valence electrons. The first kappa shape index (κ1) is 12.4. The van der Waals surface area contributed by atoms with Crippen molar-refractivity contribution in [1.82, 2.24) is 4.98 Å². The number of hydrogen-bond acceptors (Lipinski definition) is 3. The van der Waals surface area contributed by atoms with Crippen molar-refractivity contribution in [2.75, 3.05) is 5.32 Å². The Balaban J connectivity index is 2.40. The molecule has 0 radical (unpaired) electrons. The van der Waals surface area contributed by atoms with Gasteiger partial charge in [0.1, 0.15) is 5.56 Å². The smallest absolute Gasteiger partial charge is 0.339 e. The molecule has 0 unspecified atom stereocenters. The monoisotopic (exact) mass is 262 g/mol. The maximum atomic E-state index is 11.1. The molecule has 0 fully saturated rings. The number of benzene rings is 1. The van der Waals surface area contributed by atoms with Gasteiger partial charge < -0.3 is 10.4 Å². The number of nitrogens with one attached hydrogen (secondary N) is 1. The van der Waals surface area contributed by atoms with Gasteiger partial charge in [-0.3, -0.25) is 4.98 Å². The third-order valence-electron chi connectivity index (χ3n) is 2.52. The minimum Gasteiger partial charge on any atom is -0.478 e. The van der Waals surface area contributed by atoms with Gasteiger partial charge in [-0.2, -0.15) is 0 Å². The zero-order chi connectivity index (χ0) is 13.1. The van der Waals surface area contributed by atoms with Crippen molar-refractivity contribution in [2.45, 2.75) is 6.92 Å². The number of carboxylic acids is 1. The van der Waals surface area contributed by atoms with Gasteiger partial charge in [-0.15, -0.1) is 0 Å². The fourth-order valence-corrected chi connectivity index (χ4v) is 1.72. The maximum absolute atomic E-state index is 11.1. The molecular weight excluding hydrogens is 252 g/mol. The van der Waals surface area contributed by atoms with Gasteiger partial charge in [-0.1, -0.05) is 17.7 Å². The van der Waals surface area contributed by atoms with Gasteiger partial charge in [0.25, 0.3) is 0 Å². The number of aromatic carboxylic acids is 1. The molecular formula is C13H11ClN2O2. The van der Waals surface area contributed by atoms with Crippen LogP contribution in [-0.2, 0) is 0 Å². The predicted octanol–water partition coefficient (Wildman–Crippen LogP) is 3.49. The lowest BCUT2D eigenvalue weighted by molar-refractivity contribution is 0.0697. The Morgan fingerprint density at radius 2 is 2.11 bits per heavy atom. The minimum absolute atomic E-state index is 0.122. The maximum Gasteiger partial charge on any atom is 0.339 e. The summed E-state index contributed by atoms with van der Waals surface area (Å²) in [6.07, 6.45) is 2.85. The van der Waals surface area contributed by atoms with E-state index in [-0.39, 0.29) is 5.56 Å². The van der Waals surface area contributed by atoms with E-state index >= 15 is 0 Å². The number of rotatable bonds is 3. The number of nitrogens with zero attached hydrogens (tertiary/aromatic N) is 1. The molecule has 0 aliphatic carbocycles. The molecule has 0 atom stereocenters. The fourth-order valence-electron chi connectivity index (χ4n) is 1.55. The number of anilines is 2. The highest BCUT2D eigenvalue weighted by atomic mass is 35.5. The summed E-state index contributed by atoms with van der Waals surface area (Å²) in [7, 11) is 0. The van der Waals surface area contributed by atoms with Crippen LogP contribution in [0.4, 0.5) is 11.4 Å². The Hall–Kier alpha value is -2.07. The molecule has 4 nitrogen and oxygen atoms in total. The summed E-state index contributed by atoms with van der Waals surface area (Å²) in [6.45, 7) is 1.92. The number of hydrogen-bond donors (Lipinski definition) is 2. The Labute approximate surface area is 109 Å². The summed E-state index contributed by atoms with van der Waals surface area (Å²) in [5.41, 5.74) is 2.36. The second kappa shape index (κ2) is 5.06.